The second-order valence-corrected chi connectivity index (χ2v) is 7.84. The summed E-state index contributed by atoms with van der Waals surface area (Å²) >= 11 is 0. The Hall–Kier alpha value is -1.15. The molecule has 0 radical (unpaired) electrons. The maximum absolute atomic E-state index is 14.5. The van der Waals surface area contributed by atoms with Crippen LogP contribution < -0.4 is 16.1 Å². The Labute approximate surface area is 160 Å². The molecule has 1 amide bonds. The molecule has 0 aliphatic carbocycles. The SMILES string of the molecule is CC1(C)OB(c2ccc(C(=O)N[C@@H]3CCCNC3)c(F)c2)OC1(C)C.Cl. The minimum Gasteiger partial charge on any atom is -0.399 e. The summed E-state index contributed by atoms with van der Waals surface area (Å²) in [6, 6.07) is 4.57. The van der Waals surface area contributed by atoms with Gasteiger partial charge < -0.3 is 19.9 Å². The first-order chi connectivity index (χ1) is 11.7. The number of carbonyl (C=O) groups is 1. The minimum atomic E-state index is -0.640. The van der Waals surface area contributed by atoms with Crippen molar-refractivity contribution >= 4 is 30.9 Å². The third kappa shape index (κ3) is 4.22. The van der Waals surface area contributed by atoms with Crippen molar-refractivity contribution < 1.29 is 18.5 Å². The highest BCUT2D eigenvalue weighted by Crippen LogP contribution is 2.36. The number of hydrogen-bond donors (Lipinski definition) is 2. The standard InChI is InChI=1S/C18H26BFN2O3.ClH/c1-17(2)18(3,4)25-19(24-17)12-7-8-14(15(20)10-12)16(23)22-13-6-5-9-21-11-13;/h7-8,10,13,21H,5-6,9,11H2,1-4H3,(H,22,23);1H/t13-;/m1./s1. The van der Waals surface area contributed by atoms with Crippen molar-refractivity contribution in [2.24, 2.45) is 0 Å². The predicted molar refractivity (Wildman–Crippen MR) is 103 cm³/mol. The van der Waals surface area contributed by atoms with Crippen LogP contribution in [-0.4, -0.2) is 43.4 Å². The number of hydrogen-bond acceptors (Lipinski definition) is 4. The van der Waals surface area contributed by atoms with Crippen molar-refractivity contribution in [1.29, 1.82) is 0 Å². The molecule has 5 nitrogen and oxygen atoms in total. The maximum atomic E-state index is 14.5. The average molecular weight is 385 g/mol. The largest absolute Gasteiger partial charge is 0.494 e. The van der Waals surface area contributed by atoms with Gasteiger partial charge in [-0.1, -0.05) is 6.07 Å². The third-order valence-electron chi connectivity index (χ3n) is 5.40. The average Bonchev–Trinajstić information content (AvgIpc) is 2.76. The second kappa shape index (κ2) is 7.84. The monoisotopic (exact) mass is 384 g/mol. The number of halogens is 2. The molecule has 2 saturated heterocycles. The van der Waals surface area contributed by atoms with Crippen LogP contribution in [-0.2, 0) is 9.31 Å². The van der Waals surface area contributed by atoms with Crippen LogP contribution in [0.3, 0.4) is 0 Å². The van der Waals surface area contributed by atoms with E-state index in [1.54, 1.807) is 6.07 Å². The summed E-state index contributed by atoms with van der Waals surface area (Å²) in [6.07, 6.45) is 1.92. The molecular weight excluding hydrogens is 357 g/mol. The lowest BCUT2D eigenvalue weighted by molar-refractivity contribution is 0.00578. The van der Waals surface area contributed by atoms with Crippen molar-refractivity contribution in [3.8, 4) is 0 Å². The topological polar surface area (TPSA) is 59.6 Å². The fraction of sp³-hybridized carbons (Fsp3) is 0.611. The van der Waals surface area contributed by atoms with E-state index in [0.717, 1.165) is 25.9 Å². The summed E-state index contributed by atoms with van der Waals surface area (Å²) in [4.78, 5) is 12.3. The molecule has 2 fully saturated rings. The normalized spacial score (nSPS) is 24.0. The number of piperidine rings is 1. The van der Waals surface area contributed by atoms with Gasteiger partial charge in [0.25, 0.3) is 5.91 Å². The number of rotatable bonds is 3. The molecule has 0 saturated carbocycles. The van der Waals surface area contributed by atoms with Gasteiger partial charge in [0.2, 0.25) is 0 Å². The van der Waals surface area contributed by atoms with Crippen LogP contribution in [0, 0.1) is 5.82 Å². The van der Waals surface area contributed by atoms with Gasteiger partial charge in [-0.15, -0.1) is 12.4 Å². The fourth-order valence-corrected chi connectivity index (χ4v) is 3.08. The number of amides is 1. The highest BCUT2D eigenvalue weighted by atomic mass is 35.5. The molecule has 1 aromatic carbocycles. The van der Waals surface area contributed by atoms with Crippen LogP contribution in [0.15, 0.2) is 18.2 Å². The zero-order chi connectivity index (χ0) is 18.2. The lowest BCUT2D eigenvalue weighted by Gasteiger charge is -2.32. The molecule has 8 heteroatoms. The Morgan fingerprint density at radius 3 is 2.46 bits per heavy atom. The summed E-state index contributed by atoms with van der Waals surface area (Å²) in [5, 5.41) is 6.11. The Morgan fingerprint density at radius 1 is 1.27 bits per heavy atom. The van der Waals surface area contributed by atoms with E-state index in [-0.39, 0.29) is 29.9 Å². The molecule has 1 atom stereocenters. The summed E-state index contributed by atoms with van der Waals surface area (Å²) in [5.41, 5.74) is -0.353. The van der Waals surface area contributed by atoms with Gasteiger partial charge in [-0.3, -0.25) is 4.79 Å². The van der Waals surface area contributed by atoms with Crippen molar-refractivity contribution in [2.45, 2.75) is 57.8 Å². The first-order valence-corrected chi connectivity index (χ1v) is 8.86. The fourth-order valence-electron chi connectivity index (χ4n) is 3.08. The molecule has 26 heavy (non-hydrogen) atoms. The molecule has 0 spiro atoms. The van der Waals surface area contributed by atoms with Gasteiger partial charge >= 0.3 is 7.12 Å². The minimum absolute atomic E-state index is 0. The van der Waals surface area contributed by atoms with Gasteiger partial charge in [-0.05, 0) is 64.7 Å². The van der Waals surface area contributed by atoms with Crippen LogP contribution in [0.1, 0.15) is 50.9 Å². The number of carbonyl (C=O) groups excluding carboxylic acids is 1. The molecule has 0 aromatic heterocycles. The quantitative estimate of drug-likeness (QED) is 0.783. The summed E-state index contributed by atoms with van der Waals surface area (Å²) in [7, 11) is -0.640. The molecule has 2 aliphatic heterocycles. The molecule has 2 heterocycles. The maximum Gasteiger partial charge on any atom is 0.494 e. The molecule has 0 unspecified atom stereocenters. The number of benzene rings is 1. The summed E-state index contributed by atoms with van der Waals surface area (Å²) in [5.74, 6) is -0.944. The van der Waals surface area contributed by atoms with Crippen molar-refractivity contribution in [3.05, 3.63) is 29.6 Å². The van der Waals surface area contributed by atoms with Crippen LogP contribution >= 0.6 is 12.4 Å². The van der Waals surface area contributed by atoms with Crippen molar-refractivity contribution in [2.75, 3.05) is 13.1 Å². The first kappa shape index (κ1) is 21.2. The van der Waals surface area contributed by atoms with Gasteiger partial charge in [-0.25, -0.2) is 4.39 Å². The lowest BCUT2D eigenvalue weighted by Crippen LogP contribution is -2.46. The second-order valence-electron chi connectivity index (χ2n) is 7.84. The molecule has 144 valence electrons. The smallest absolute Gasteiger partial charge is 0.399 e. The zero-order valence-electron chi connectivity index (χ0n) is 15.7. The molecule has 0 bridgehead atoms. The summed E-state index contributed by atoms with van der Waals surface area (Å²) < 4.78 is 26.4. The predicted octanol–water partition coefficient (Wildman–Crippen LogP) is 2.03. The Balaban J connectivity index is 0.00000243. The highest BCUT2D eigenvalue weighted by Gasteiger charge is 2.51. The third-order valence-corrected chi connectivity index (χ3v) is 5.40. The van der Waals surface area contributed by atoms with Crippen LogP contribution in [0.25, 0.3) is 0 Å². The van der Waals surface area contributed by atoms with E-state index in [0.29, 0.717) is 5.46 Å². The summed E-state index contributed by atoms with van der Waals surface area (Å²) in [6.45, 7) is 9.47. The van der Waals surface area contributed by atoms with Gasteiger partial charge in [0.15, 0.2) is 0 Å². The van der Waals surface area contributed by atoms with Crippen LogP contribution in [0.4, 0.5) is 4.39 Å². The van der Waals surface area contributed by atoms with E-state index in [9.17, 15) is 9.18 Å². The molecule has 2 aliphatic rings. The van der Waals surface area contributed by atoms with Gasteiger partial charge in [-0.2, -0.15) is 0 Å². The zero-order valence-corrected chi connectivity index (χ0v) is 16.5. The van der Waals surface area contributed by atoms with Crippen LogP contribution in [0.2, 0.25) is 0 Å². The van der Waals surface area contributed by atoms with Gasteiger partial charge in [0, 0.05) is 12.6 Å². The lowest BCUT2D eigenvalue weighted by atomic mass is 9.78. The Morgan fingerprint density at radius 2 is 1.92 bits per heavy atom. The van der Waals surface area contributed by atoms with E-state index >= 15 is 0 Å². The van der Waals surface area contributed by atoms with E-state index in [1.165, 1.54) is 12.1 Å². The Kier molecular flexibility index (Phi) is 6.38. The first-order valence-electron chi connectivity index (χ1n) is 8.86. The Bertz CT molecular complexity index is 650. The van der Waals surface area contributed by atoms with E-state index in [1.807, 2.05) is 27.7 Å². The molecule has 2 N–H and O–H groups in total. The highest BCUT2D eigenvalue weighted by molar-refractivity contribution is 6.62. The number of nitrogens with one attached hydrogen (secondary N) is 2. The van der Waals surface area contributed by atoms with E-state index in [4.69, 9.17) is 9.31 Å². The van der Waals surface area contributed by atoms with Crippen LogP contribution in [0.5, 0.6) is 0 Å². The van der Waals surface area contributed by atoms with E-state index < -0.39 is 24.1 Å². The molecular formula is C18H27BClFN2O3. The van der Waals surface area contributed by atoms with E-state index in [2.05, 4.69) is 10.6 Å². The molecule has 1 aromatic rings. The van der Waals surface area contributed by atoms with Gasteiger partial charge in [0.05, 0.1) is 16.8 Å². The van der Waals surface area contributed by atoms with Gasteiger partial charge in [0.1, 0.15) is 5.82 Å². The van der Waals surface area contributed by atoms with Crippen molar-refractivity contribution in [3.63, 3.8) is 0 Å². The van der Waals surface area contributed by atoms with Crippen molar-refractivity contribution in [1.82, 2.24) is 10.6 Å². The molecule has 3 rings (SSSR count).